The summed E-state index contributed by atoms with van der Waals surface area (Å²) in [6, 6.07) is 6.73. The van der Waals surface area contributed by atoms with E-state index in [2.05, 4.69) is 0 Å². The van der Waals surface area contributed by atoms with Gasteiger partial charge >= 0.3 is 0 Å². The summed E-state index contributed by atoms with van der Waals surface area (Å²) in [5.41, 5.74) is 0. The highest BCUT2D eigenvalue weighted by molar-refractivity contribution is 7.18. The van der Waals surface area contributed by atoms with Gasteiger partial charge in [0.15, 0.2) is 11.6 Å². The lowest BCUT2D eigenvalue weighted by Gasteiger charge is -1.97. The first-order valence-electron chi connectivity index (χ1n) is 5.13. The highest BCUT2D eigenvalue weighted by Gasteiger charge is 2.13. The summed E-state index contributed by atoms with van der Waals surface area (Å²) in [4.78, 5) is 24.7. The molecule has 0 N–H and O–H groups in total. The predicted molar refractivity (Wildman–Crippen MR) is 76.6 cm³/mol. The number of ketones is 2. The fraction of sp³-hybridized carbons (Fsp3) is 0.167. The van der Waals surface area contributed by atoms with Crippen molar-refractivity contribution in [2.75, 3.05) is 0 Å². The van der Waals surface area contributed by atoms with Gasteiger partial charge in [0, 0.05) is 12.8 Å². The Morgan fingerprint density at radius 2 is 1.22 bits per heavy atom. The van der Waals surface area contributed by atoms with Crippen LogP contribution >= 0.6 is 45.9 Å². The second-order valence-corrected chi connectivity index (χ2v) is 6.98. The summed E-state index contributed by atoms with van der Waals surface area (Å²) in [6.45, 7) is 0. The first-order valence-corrected chi connectivity index (χ1v) is 7.52. The Morgan fingerprint density at radius 1 is 0.833 bits per heavy atom. The molecule has 0 bridgehead atoms. The lowest BCUT2D eigenvalue weighted by atomic mass is 10.1. The first-order chi connectivity index (χ1) is 8.56. The van der Waals surface area contributed by atoms with Crippen LogP contribution in [0.4, 0.5) is 0 Å². The number of hydrogen-bond donors (Lipinski definition) is 0. The highest BCUT2D eigenvalue weighted by atomic mass is 35.5. The van der Waals surface area contributed by atoms with E-state index in [4.69, 9.17) is 23.2 Å². The van der Waals surface area contributed by atoms with Crippen LogP contribution in [-0.4, -0.2) is 11.6 Å². The lowest BCUT2D eigenvalue weighted by molar-refractivity contribution is 0.0921. The number of thiophene rings is 2. The first kappa shape index (κ1) is 13.7. The Kier molecular flexibility index (Phi) is 4.56. The molecule has 18 heavy (non-hydrogen) atoms. The minimum absolute atomic E-state index is 0.0529. The molecule has 2 heterocycles. The van der Waals surface area contributed by atoms with Gasteiger partial charge in [0.1, 0.15) is 0 Å². The number of carbonyl (C=O) groups excluding carboxylic acids is 2. The molecule has 2 rings (SSSR count). The molecule has 0 saturated heterocycles. The van der Waals surface area contributed by atoms with Gasteiger partial charge in [0.2, 0.25) is 0 Å². The molecule has 2 aromatic rings. The van der Waals surface area contributed by atoms with Gasteiger partial charge in [0.05, 0.1) is 18.4 Å². The fourth-order valence-corrected chi connectivity index (χ4v) is 3.42. The van der Waals surface area contributed by atoms with E-state index in [9.17, 15) is 9.59 Å². The molecule has 0 spiro atoms. The topological polar surface area (TPSA) is 34.1 Å². The van der Waals surface area contributed by atoms with Gasteiger partial charge in [-0.25, -0.2) is 0 Å². The Hall–Kier alpha value is -0.680. The molecule has 0 saturated carbocycles. The molecule has 2 aromatic heterocycles. The van der Waals surface area contributed by atoms with E-state index in [0.29, 0.717) is 18.4 Å². The minimum atomic E-state index is -0.0529. The van der Waals surface area contributed by atoms with Crippen molar-refractivity contribution < 1.29 is 9.59 Å². The molecule has 0 aliphatic heterocycles. The van der Waals surface area contributed by atoms with E-state index in [1.807, 2.05) is 0 Å². The van der Waals surface area contributed by atoms with E-state index in [1.165, 1.54) is 22.7 Å². The summed E-state index contributed by atoms with van der Waals surface area (Å²) in [6.07, 6.45) is 0.399. The quantitative estimate of drug-likeness (QED) is 0.730. The molecule has 0 atom stereocenters. The van der Waals surface area contributed by atoms with E-state index < -0.39 is 0 Å². The van der Waals surface area contributed by atoms with Crippen LogP contribution in [0.2, 0.25) is 8.67 Å². The number of carbonyl (C=O) groups is 2. The van der Waals surface area contributed by atoms with Crippen LogP contribution < -0.4 is 0 Å². The number of hydrogen-bond acceptors (Lipinski definition) is 4. The highest BCUT2D eigenvalue weighted by Crippen LogP contribution is 2.25. The zero-order valence-corrected chi connectivity index (χ0v) is 12.3. The van der Waals surface area contributed by atoms with Gasteiger partial charge in [0.25, 0.3) is 0 Å². The molecule has 0 aliphatic rings. The van der Waals surface area contributed by atoms with E-state index in [-0.39, 0.29) is 24.4 Å². The molecular formula is C12H8Cl2O2S2. The molecule has 6 heteroatoms. The predicted octanol–water partition coefficient (Wildman–Crippen LogP) is 4.96. The van der Waals surface area contributed by atoms with E-state index in [0.717, 1.165) is 0 Å². The van der Waals surface area contributed by atoms with Gasteiger partial charge < -0.3 is 0 Å². The molecule has 94 valence electrons. The van der Waals surface area contributed by atoms with Crippen LogP contribution in [0.5, 0.6) is 0 Å². The third-order valence-corrected chi connectivity index (χ3v) is 4.82. The number of Topliss-reactive ketones (excluding diaryl/α,β-unsaturated/α-hetero) is 2. The van der Waals surface area contributed by atoms with Gasteiger partial charge in [-0.1, -0.05) is 23.2 Å². The summed E-state index contributed by atoms with van der Waals surface area (Å²) in [5, 5.41) is 0. The van der Waals surface area contributed by atoms with E-state index >= 15 is 0 Å². The SMILES string of the molecule is O=C(CCC(=O)c1ccc(Cl)s1)c1ccc(Cl)s1. The summed E-state index contributed by atoms with van der Waals surface area (Å²) in [7, 11) is 0. The number of halogens is 2. The third kappa shape index (κ3) is 3.42. The van der Waals surface area contributed by atoms with E-state index in [1.54, 1.807) is 24.3 Å². The minimum Gasteiger partial charge on any atom is -0.293 e. The fourth-order valence-electron chi connectivity index (χ4n) is 1.40. The van der Waals surface area contributed by atoms with Crippen molar-refractivity contribution in [1.82, 2.24) is 0 Å². The van der Waals surface area contributed by atoms with Crippen molar-refractivity contribution in [2.24, 2.45) is 0 Å². The van der Waals surface area contributed by atoms with Crippen molar-refractivity contribution in [2.45, 2.75) is 12.8 Å². The average molecular weight is 319 g/mol. The zero-order chi connectivity index (χ0) is 13.1. The van der Waals surface area contributed by atoms with Crippen molar-refractivity contribution in [1.29, 1.82) is 0 Å². The normalized spacial score (nSPS) is 10.6. The Balaban J connectivity index is 1.92. The van der Waals surface area contributed by atoms with Gasteiger partial charge in [-0.15, -0.1) is 22.7 Å². The van der Waals surface area contributed by atoms with Crippen LogP contribution in [-0.2, 0) is 0 Å². The van der Waals surface area contributed by atoms with Crippen LogP contribution in [0.15, 0.2) is 24.3 Å². The second-order valence-electron chi connectivity index (χ2n) is 3.55. The molecule has 0 radical (unpaired) electrons. The standard InChI is InChI=1S/C12H8Cl2O2S2/c13-11-5-3-9(17-11)7(15)1-2-8(16)10-4-6-12(14)18-10/h3-6H,1-2H2. The van der Waals surface area contributed by atoms with Crippen molar-refractivity contribution in [3.05, 3.63) is 42.7 Å². The molecule has 0 aliphatic carbocycles. The summed E-state index contributed by atoms with van der Waals surface area (Å²) >= 11 is 14.0. The monoisotopic (exact) mass is 318 g/mol. The van der Waals surface area contributed by atoms with Crippen LogP contribution in [0.25, 0.3) is 0 Å². The molecular weight excluding hydrogens is 311 g/mol. The zero-order valence-electron chi connectivity index (χ0n) is 9.11. The smallest absolute Gasteiger partial charge is 0.173 e. The van der Waals surface area contributed by atoms with Gasteiger partial charge in [-0.05, 0) is 24.3 Å². The van der Waals surface area contributed by atoms with Gasteiger partial charge in [-0.3, -0.25) is 9.59 Å². The average Bonchev–Trinajstić information content (AvgIpc) is 2.94. The Morgan fingerprint density at radius 3 is 1.50 bits per heavy atom. The maximum atomic E-state index is 11.8. The van der Waals surface area contributed by atoms with Crippen molar-refractivity contribution in [3.8, 4) is 0 Å². The maximum absolute atomic E-state index is 11.8. The molecule has 0 aromatic carbocycles. The maximum Gasteiger partial charge on any atom is 0.173 e. The van der Waals surface area contributed by atoms with Crippen molar-refractivity contribution in [3.63, 3.8) is 0 Å². The third-order valence-electron chi connectivity index (χ3n) is 2.28. The summed E-state index contributed by atoms with van der Waals surface area (Å²) in [5.74, 6) is -0.106. The Labute approximate surface area is 122 Å². The molecule has 0 amide bonds. The van der Waals surface area contributed by atoms with Gasteiger partial charge in [-0.2, -0.15) is 0 Å². The second kappa shape index (κ2) is 5.97. The van der Waals surface area contributed by atoms with Crippen LogP contribution in [0.3, 0.4) is 0 Å². The van der Waals surface area contributed by atoms with Crippen molar-refractivity contribution >= 4 is 57.4 Å². The van der Waals surface area contributed by atoms with Crippen LogP contribution in [0, 0.1) is 0 Å². The summed E-state index contributed by atoms with van der Waals surface area (Å²) < 4.78 is 1.16. The molecule has 0 fully saturated rings. The lowest BCUT2D eigenvalue weighted by Crippen LogP contribution is -2.02. The molecule has 0 unspecified atom stereocenters. The largest absolute Gasteiger partial charge is 0.293 e. The molecule has 2 nitrogen and oxygen atoms in total. The number of rotatable bonds is 5. The Bertz CT molecular complexity index is 534. The van der Waals surface area contributed by atoms with Crippen LogP contribution in [0.1, 0.15) is 32.2 Å².